The van der Waals surface area contributed by atoms with Crippen LogP contribution in [0.4, 0.5) is 5.69 Å². The van der Waals surface area contributed by atoms with E-state index in [0.29, 0.717) is 10.2 Å². The molecule has 0 fully saturated rings. The summed E-state index contributed by atoms with van der Waals surface area (Å²) in [5, 5.41) is 3.77. The van der Waals surface area contributed by atoms with E-state index in [-0.39, 0.29) is 11.5 Å². The average molecular weight is 378 g/mol. The summed E-state index contributed by atoms with van der Waals surface area (Å²) < 4.78 is 1.88. The highest BCUT2D eigenvalue weighted by Gasteiger charge is 2.20. The summed E-state index contributed by atoms with van der Waals surface area (Å²) in [7, 11) is 0. The van der Waals surface area contributed by atoms with Crippen LogP contribution in [0.5, 0.6) is 0 Å². The number of benzene rings is 1. The number of thiophene rings is 1. The molecule has 1 N–H and O–H groups in total. The lowest BCUT2D eigenvalue weighted by Crippen LogP contribution is -2.31. The summed E-state index contributed by atoms with van der Waals surface area (Å²) in [6, 6.07) is 8.78. The smallest absolute Gasteiger partial charge is 0.272 e. The molecule has 0 radical (unpaired) electrons. The lowest BCUT2D eigenvalue weighted by Gasteiger charge is -2.16. The summed E-state index contributed by atoms with van der Waals surface area (Å²) >= 11 is 1.30. The Hall–Kier alpha value is -3.06. The van der Waals surface area contributed by atoms with E-state index >= 15 is 0 Å². The van der Waals surface area contributed by atoms with Gasteiger partial charge in [-0.2, -0.15) is 0 Å². The van der Waals surface area contributed by atoms with Gasteiger partial charge in [0.05, 0.1) is 11.8 Å². The lowest BCUT2D eigenvalue weighted by molar-refractivity contribution is -0.118. The molecule has 0 aliphatic carbocycles. The van der Waals surface area contributed by atoms with Crippen molar-refractivity contribution in [1.29, 1.82) is 0 Å². The molecule has 27 heavy (non-hydrogen) atoms. The number of amides is 1. The first kappa shape index (κ1) is 17.4. The predicted octanol–water partition coefficient (Wildman–Crippen LogP) is 3.82. The summed E-state index contributed by atoms with van der Waals surface area (Å²) in [5.41, 5.74) is 3.26. The van der Waals surface area contributed by atoms with E-state index in [1.165, 1.54) is 22.2 Å². The number of hydrogen-bond donors (Lipinski definition) is 1. The Balaban J connectivity index is 1.72. The van der Waals surface area contributed by atoms with Gasteiger partial charge in [0.15, 0.2) is 0 Å². The zero-order chi connectivity index (χ0) is 19.1. The van der Waals surface area contributed by atoms with Crippen molar-refractivity contribution in [2.75, 3.05) is 5.32 Å². The van der Waals surface area contributed by atoms with Crippen LogP contribution in [0.25, 0.3) is 20.4 Å². The van der Waals surface area contributed by atoms with Gasteiger partial charge in [0.2, 0.25) is 5.91 Å². The maximum absolute atomic E-state index is 12.9. The first-order valence-electron chi connectivity index (χ1n) is 8.59. The molecular weight excluding hydrogens is 360 g/mol. The van der Waals surface area contributed by atoms with Crippen molar-refractivity contribution >= 4 is 43.4 Å². The van der Waals surface area contributed by atoms with Gasteiger partial charge in [0.1, 0.15) is 15.6 Å². The van der Waals surface area contributed by atoms with Crippen LogP contribution in [0.1, 0.15) is 24.1 Å². The van der Waals surface area contributed by atoms with E-state index in [2.05, 4.69) is 15.3 Å². The van der Waals surface area contributed by atoms with Gasteiger partial charge in [-0.25, -0.2) is 9.97 Å². The topological polar surface area (TPSA) is 76.9 Å². The second kappa shape index (κ2) is 6.59. The summed E-state index contributed by atoms with van der Waals surface area (Å²) in [4.78, 5) is 35.2. The number of rotatable bonds is 3. The van der Waals surface area contributed by atoms with Gasteiger partial charge in [-0.15, -0.1) is 11.3 Å². The minimum Gasteiger partial charge on any atom is -0.324 e. The fraction of sp³-hybridized carbons (Fsp3) is 0.200. The largest absolute Gasteiger partial charge is 0.324 e. The van der Waals surface area contributed by atoms with E-state index in [4.69, 9.17) is 0 Å². The molecule has 6 nitrogen and oxygen atoms in total. The number of anilines is 1. The first-order valence-corrected chi connectivity index (χ1v) is 9.40. The number of aromatic nitrogens is 3. The van der Waals surface area contributed by atoms with Crippen LogP contribution in [0.3, 0.4) is 0 Å². The number of nitrogens with one attached hydrogen (secondary N) is 1. The van der Waals surface area contributed by atoms with Crippen molar-refractivity contribution in [3.05, 3.63) is 64.3 Å². The second-order valence-electron chi connectivity index (χ2n) is 6.51. The molecule has 3 aromatic heterocycles. The van der Waals surface area contributed by atoms with Crippen LogP contribution in [0, 0.1) is 13.8 Å². The molecule has 4 rings (SSSR count). The molecule has 1 atom stereocenters. The van der Waals surface area contributed by atoms with Crippen LogP contribution in [-0.2, 0) is 4.79 Å². The third-order valence-corrected chi connectivity index (χ3v) is 5.93. The maximum Gasteiger partial charge on any atom is 0.272 e. The number of nitrogens with zero attached hydrogens (tertiary/aromatic N) is 3. The third kappa shape index (κ3) is 2.90. The SMILES string of the molecule is Cc1cccc(NC(=O)C(C)n2cnc3c(sc4ncccc43)c2=O)c1C. The van der Waals surface area contributed by atoms with Gasteiger partial charge in [-0.1, -0.05) is 12.1 Å². The van der Waals surface area contributed by atoms with Gasteiger partial charge in [0.25, 0.3) is 5.56 Å². The van der Waals surface area contributed by atoms with E-state index < -0.39 is 6.04 Å². The molecule has 0 aliphatic heterocycles. The highest BCUT2D eigenvalue weighted by atomic mass is 32.1. The monoisotopic (exact) mass is 378 g/mol. The number of carbonyl (C=O) groups excluding carboxylic acids is 1. The Bertz CT molecular complexity index is 1240. The molecule has 0 saturated carbocycles. The zero-order valence-corrected chi connectivity index (χ0v) is 16.0. The highest BCUT2D eigenvalue weighted by Crippen LogP contribution is 2.28. The van der Waals surface area contributed by atoms with E-state index in [9.17, 15) is 9.59 Å². The van der Waals surface area contributed by atoms with Gasteiger partial charge in [0, 0.05) is 17.3 Å². The molecule has 0 bridgehead atoms. The van der Waals surface area contributed by atoms with Gasteiger partial charge >= 0.3 is 0 Å². The third-order valence-electron chi connectivity index (χ3n) is 4.84. The maximum atomic E-state index is 12.9. The molecule has 1 amide bonds. The Morgan fingerprint density at radius 3 is 2.81 bits per heavy atom. The number of pyridine rings is 1. The quantitative estimate of drug-likeness (QED) is 0.588. The Morgan fingerprint density at radius 2 is 2.00 bits per heavy atom. The predicted molar refractivity (Wildman–Crippen MR) is 108 cm³/mol. The Morgan fingerprint density at radius 1 is 1.19 bits per heavy atom. The van der Waals surface area contributed by atoms with Gasteiger partial charge in [-0.3, -0.25) is 14.2 Å². The van der Waals surface area contributed by atoms with Crippen molar-refractivity contribution in [3.8, 4) is 0 Å². The van der Waals surface area contributed by atoms with Crippen molar-refractivity contribution < 1.29 is 4.79 Å². The summed E-state index contributed by atoms with van der Waals surface area (Å²) in [6.07, 6.45) is 3.13. The number of aryl methyl sites for hydroxylation is 1. The standard InChI is InChI=1S/C20H18N4O2S/c1-11-6-4-8-15(12(11)2)23-18(25)13(3)24-10-22-16-14-7-5-9-21-19(14)27-17(16)20(24)26/h4-10,13H,1-3H3,(H,23,25). The molecule has 136 valence electrons. The van der Waals surface area contributed by atoms with Gasteiger partial charge in [-0.05, 0) is 50.1 Å². The van der Waals surface area contributed by atoms with Crippen LogP contribution >= 0.6 is 11.3 Å². The summed E-state index contributed by atoms with van der Waals surface area (Å²) in [6.45, 7) is 5.65. The van der Waals surface area contributed by atoms with Crippen molar-refractivity contribution in [2.45, 2.75) is 26.8 Å². The fourth-order valence-electron chi connectivity index (χ4n) is 3.01. The van der Waals surface area contributed by atoms with Crippen LogP contribution in [-0.4, -0.2) is 20.4 Å². The van der Waals surface area contributed by atoms with Crippen molar-refractivity contribution in [3.63, 3.8) is 0 Å². The van der Waals surface area contributed by atoms with Crippen LogP contribution in [0.2, 0.25) is 0 Å². The van der Waals surface area contributed by atoms with E-state index in [1.807, 2.05) is 44.2 Å². The van der Waals surface area contributed by atoms with Crippen LogP contribution < -0.4 is 10.9 Å². The minimum absolute atomic E-state index is 0.230. The molecule has 1 unspecified atom stereocenters. The van der Waals surface area contributed by atoms with E-state index in [0.717, 1.165) is 27.0 Å². The lowest BCUT2D eigenvalue weighted by atomic mass is 10.1. The normalized spacial score (nSPS) is 12.4. The van der Waals surface area contributed by atoms with Crippen molar-refractivity contribution in [1.82, 2.24) is 14.5 Å². The van der Waals surface area contributed by atoms with E-state index in [1.54, 1.807) is 13.1 Å². The summed E-state index contributed by atoms with van der Waals surface area (Å²) in [5.74, 6) is -0.258. The van der Waals surface area contributed by atoms with Crippen LogP contribution in [0.15, 0.2) is 47.7 Å². The molecule has 0 saturated heterocycles. The molecule has 3 heterocycles. The van der Waals surface area contributed by atoms with Gasteiger partial charge < -0.3 is 5.32 Å². The van der Waals surface area contributed by atoms with Crippen molar-refractivity contribution in [2.24, 2.45) is 0 Å². The molecule has 0 aliphatic rings. The molecule has 0 spiro atoms. The highest BCUT2D eigenvalue weighted by molar-refractivity contribution is 7.25. The number of fused-ring (bicyclic) bond motifs is 3. The Labute approximate surface area is 159 Å². The average Bonchev–Trinajstić information content (AvgIpc) is 3.05. The first-order chi connectivity index (χ1) is 13.0. The molecule has 1 aromatic carbocycles. The zero-order valence-electron chi connectivity index (χ0n) is 15.2. The fourth-order valence-corrected chi connectivity index (χ4v) is 4.04. The minimum atomic E-state index is -0.688. The molecule has 4 aromatic rings. The Kier molecular flexibility index (Phi) is 4.24. The molecular formula is C20H18N4O2S. The number of hydrogen-bond acceptors (Lipinski definition) is 5. The second-order valence-corrected chi connectivity index (χ2v) is 7.50. The number of carbonyl (C=O) groups is 1. The molecule has 7 heteroatoms.